The maximum atomic E-state index is 12.8. The van der Waals surface area contributed by atoms with Crippen molar-refractivity contribution >= 4 is 21.4 Å². The van der Waals surface area contributed by atoms with Crippen LogP contribution in [0.25, 0.3) is 0 Å². The van der Waals surface area contributed by atoms with Crippen molar-refractivity contribution in [1.82, 2.24) is 4.31 Å². The molecule has 0 spiro atoms. The number of anilines is 1. The Morgan fingerprint density at radius 1 is 1.00 bits per heavy atom. The average molecular weight is 381 g/mol. The van der Waals surface area contributed by atoms with Crippen molar-refractivity contribution in [2.24, 2.45) is 0 Å². The summed E-state index contributed by atoms with van der Waals surface area (Å²) in [5.74, 6) is 0. The number of nitro benzene ring substituents is 1. The van der Waals surface area contributed by atoms with E-state index in [9.17, 15) is 18.5 Å². The Morgan fingerprint density at radius 2 is 1.62 bits per heavy atom. The molecule has 144 valence electrons. The molecule has 1 aromatic rings. The average Bonchev–Trinajstić information content (AvgIpc) is 2.91. The third-order valence-corrected chi connectivity index (χ3v) is 7.23. The highest BCUT2D eigenvalue weighted by Crippen LogP contribution is 2.32. The summed E-state index contributed by atoms with van der Waals surface area (Å²) >= 11 is 0. The van der Waals surface area contributed by atoms with Gasteiger partial charge in [-0.1, -0.05) is 32.1 Å². The number of rotatable bonds is 5. The van der Waals surface area contributed by atoms with Gasteiger partial charge in [-0.15, -0.1) is 0 Å². The summed E-state index contributed by atoms with van der Waals surface area (Å²) in [5.41, 5.74) is 0.256. The highest BCUT2D eigenvalue weighted by atomic mass is 32.2. The van der Waals surface area contributed by atoms with Gasteiger partial charge in [0.1, 0.15) is 5.69 Å². The lowest BCUT2D eigenvalue weighted by atomic mass is 10.1. The molecule has 0 amide bonds. The number of nitro groups is 1. The van der Waals surface area contributed by atoms with E-state index in [1.807, 2.05) is 0 Å². The van der Waals surface area contributed by atoms with Gasteiger partial charge in [0.2, 0.25) is 10.0 Å². The zero-order valence-electron chi connectivity index (χ0n) is 15.0. The van der Waals surface area contributed by atoms with Gasteiger partial charge in [0.25, 0.3) is 5.69 Å². The van der Waals surface area contributed by atoms with Gasteiger partial charge in [-0.2, -0.15) is 4.31 Å². The van der Waals surface area contributed by atoms with Crippen LogP contribution in [0.1, 0.15) is 57.8 Å². The van der Waals surface area contributed by atoms with Crippen LogP contribution in [-0.4, -0.2) is 36.8 Å². The van der Waals surface area contributed by atoms with Gasteiger partial charge in [0.05, 0.1) is 9.82 Å². The number of hydrogen-bond donors (Lipinski definition) is 1. The van der Waals surface area contributed by atoms with E-state index in [1.165, 1.54) is 29.3 Å². The summed E-state index contributed by atoms with van der Waals surface area (Å²) < 4.78 is 27.0. The standard InChI is InChI=1S/C18H27N3O4S/c22-21(23)18-14-16(26(24,25)20-12-6-3-7-13-20)10-11-17(18)19-15-8-4-1-2-5-9-15/h10-11,14-15,19H,1-9,12-13H2. The molecule has 0 aromatic heterocycles. The molecule has 0 radical (unpaired) electrons. The van der Waals surface area contributed by atoms with E-state index in [4.69, 9.17) is 0 Å². The van der Waals surface area contributed by atoms with Gasteiger partial charge in [-0.05, 0) is 37.8 Å². The fourth-order valence-corrected chi connectivity index (χ4v) is 5.38. The second-order valence-corrected chi connectivity index (χ2v) is 9.17. The first-order valence-corrected chi connectivity index (χ1v) is 11.0. The second-order valence-electron chi connectivity index (χ2n) is 7.23. The lowest BCUT2D eigenvalue weighted by molar-refractivity contribution is -0.384. The van der Waals surface area contributed by atoms with Gasteiger partial charge in [0, 0.05) is 25.2 Å². The Bertz CT molecular complexity index is 737. The molecule has 0 atom stereocenters. The molecule has 26 heavy (non-hydrogen) atoms. The summed E-state index contributed by atoms with van der Waals surface area (Å²) in [5, 5.41) is 14.8. The normalized spacial score (nSPS) is 20.5. The molecule has 1 N–H and O–H groups in total. The predicted molar refractivity (Wildman–Crippen MR) is 101 cm³/mol. The van der Waals surface area contributed by atoms with Crippen molar-refractivity contribution in [1.29, 1.82) is 0 Å². The van der Waals surface area contributed by atoms with Crippen LogP contribution in [0.2, 0.25) is 0 Å². The molecular weight excluding hydrogens is 354 g/mol. The van der Waals surface area contributed by atoms with E-state index < -0.39 is 14.9 Å². The van der Waals surface area contributed by atoms with Crippen LogP contribution in [0.15, 0.2) is 23.1 Å². The molecule has 1 aliphatic carbocycles. The summed E-state index contributed by atoms with van der Waals surface area (Å²) in [7, 11) is -3.67. The molecule has 1 saturated heterocycles. The number of nitrogens with one attached hydrogen (secondary N) is 1. The summed E-state index contributed by atoms with van der Waals surface area (Å²) in [6, 6.07) is 4.47. The molecule has 1 heterocycles. The van der Waals surface area contributed by atoms with Crippen LogP contribution in [0.5, 0.6) is 0 Å². The van der Waals surface area contributed by atoms with Gasteiger partial charge in [-0.25, -0.2) is 8.42 Å². The monoisotopic (exact) mass is 381 g/mol. The van der Waals surface area contributed by atoms with Crippen molar-refractivity contribution < 1.29 is 13.3 Å². The summed E-state index contributed by atoms with van der Waals surface area (Å²) in [6.45, 7) is 0.969. The van der Waals surface area contributed by atoms with Crippen molar-refractivity contribution in [3.63, 3.8) is 0 Å². The van der Waals surface area contributed by atoms with E-state index in [2.05, 4.69) is 5.32 Å². The van der Waals surface area contributed by atoms with Gasteiger partial charge in [-0.3, -0.25) is 10.1 Å². The van der Waals surface area contributed by atoms with Gasteiger partial charge < -0.3 is 5.32 Å². The summed E-state index contributed by atoms with van der Waals surface area (Å²) in [6.07, 6.45) is 9.32. The molecule has 2 fully saturated rings. The van der Waals surface area contributed by atoms with Crippen LogP contribution in [0.3, 0.4) is 0 Å². The van der Waals surface area contributed by atoms with Crippen molar-refractivity contribution in [2.75, 3.05) is 18.4 Å². The zero-order chi connectivity index (χ0) is 18.6. The number of benzene rings is 1. The van der Waals surface area contributed by atoms with Gasteiger partial charge in [0.15, 0.2) is 0 Å². The second kappa shape index (κ2) is 8.35. The van der Waals surface area contributed by atoms with Crippen LogP contribution in [0.4, 0.5) is 11.4 Å². The third-order valence-electron chi connectivity index (χ3n) is 5.33. The Morgan fingerprint density at radius 3 is 2.23 bits per heavy atom. The molecule has 0 unspecified atom stereocenters. The van der Waals surface area contributed by atoms with Crippen LogP contribution < -0.4 is 5.32 Å². The third kappa shape index (κ3) is 4.35. The highest BCUT2D eigenvalue weighted by molar-refractivity contribution is 7.89. The fourth-order valence-electron chi connectivity index (χ4n) is 3.84. The lowest BCUT2D eigenvalue weighted by Crippen LogP contribution is -2.35. The smallest absolute Gasteiger partial charge is 0.293 e. The highest BCUT2D eigenvalue weighted by Gasteiger charge is 2.29. The topological polar surface area (TPSA) is 92.5 Å². The molecule has 7 nitrogen and oxygen atoms in total. The quantitative estimate of drug-likeness (QED) is 0.474. The van der Waals surface area contributed by atoms with E-state index in [-0.39, 0.29) is 16.6 Å². The zero-order valence-corrected chi connectivity index (χ0v) is 15.8. The maximum absolute atomic E-state index is 12.8. The maximum Gasteiger partial charge on any atom is 0.293 e. The Kier molecular flexibility index (Phi) is 6.13. The molecule has 3 rings (SSSR count). The Balaban J connectivity index is 1.85. The molecular formula is C18H27N3O4S. The van der Waals surface area contributed by atoms with E-state index in [1.54, 1.807) is 6.07 Å². The minimum absolute atomic E-state index is 0.0116. The first-order valence-electron chi connectivity index (χ1n) is 9.53. The van der Waals surface area contributed by atoms with E-state index >= 15 is 0 Å². The molecule has 1 saturated carbocycles. The lowest BCUT2D eigenvalue weighted by Gasteiger charge is -2.26. The number of hydrogen-bond acceptors (Lipinski definition) is 5. The number of nitrogens with zero attached hydrogens (tertiary/aromatic N) is 2. The first-order chi connectivity index (χ1) is 12.5. The largest absolute Gasteiger partial charge is 0.377 e. The van der Waals surface area contributed by atoms with Crippen LogP contribution in [0, 0.1) is 10.1 Å². The summed E-state index contributed by atoms with van der Waals surface area (Å²) in [4.78, 5) is 11.1. The Hall–Kier alpha value is -1.67. The molecule has 1 aromatic carbocycles. The van der Waals surface area contributed by atoms with E-state index in [0.29, 0.717) is 18.8 Å². The van der Waals surface area contributed by atoms with E-state index in [0.717, 1.165) is 44.9 Å². The fraction of sp³-hybridized carbons (Fsp3) is 0.667. The molecule has 0 bridgehead atoms. The number of sulfonamides is 1. The Labute approximate surface area is 155 Å². The molecule has 1 aliphatic heterocycles. The minimum Gasteiger partial charge on any atom is -0.377 e. The number of piperidine rings is 1. The SMILES string of the molecule is O=[N+]([O-])c1cc(S(=O)(=O)N2CCCCC2)ccc1NC1CCCCCC1. The van der Waals surface area contributed by atoms with Crippen molar-refractivity contribution in [2.45, 2.75) is 68.7 Å². The van der Waals surface area contributed by atoms with Crippen molar-refractivity contribution in [3.05, 3.63) is 28.3 Å². The van der Waals surface area contributed by atoms with Gasteiger partial charge >= 0.3 is 0 Å². The van der Waals surface area contributed by atoms with Crippen LogP contribution in [-0.2, 0) is 10.0 Å². The minimum atomic E-state index is -3.67. The molecule has 8 heteroatoms. The van der Waals surface area contributed by atoms with Crippen molar-refractivity contribution in [3.8, 4) is 0 Å². The predicted octanol–water partition coefficient (Wildman–Crippen LogP) is 3.90. The first kappa shape index (κ1) is 19.1. The molecule has 2 aliphatic rings. The van der Waals surface area contributed by atoms with Crippen LogP contribution >= 0.6 is 0 Å².